The molecule has 0 bridgehead atoms. The summed E-state index contributed by atoms with van der Waals surface area (Å²) < 4.78 is 16.5. The summed E-state index contributed by atoms with van der Waals surface area (Å²) in [7, 11) is 3.18. The van der Waals surface area contributed by atoms with Gasteiger partial charge in [-0.3, -0.25) is 4.79 Å². The minimum Gasteiger partial charge on any atom is -0.493 e. The molecule has 0 aliphatic carbocycles. The summed E-state index contributed by atoms with van der Waals surface area (Å²) in [5, 5.41) is 4.35. The van der Waals surface area contributed by atoms with Crippen LogP contribution < -0.4 is 24.4 Å². The van der Waals surface area contributed by atoms with Crippen LogP contribution in [0.25, 0.3) is 0 Å². The van der Waals surface area contributed by atoms with Crippen LogP contribution in [0.5, 0.6) is 17.4 Å². The molecule has 2 heterocycles. The lowest BCUT2D eigenvalue weighted by Crippen LogP contribution is -2.44. The lowest BCUT2D eigenvalue weighted by Gasteiger charge is -2.33. The third-order valence-corrected chi connectivity index (χ3v) is 6.78. The Morgan fingerprint density at radius 2 is 1.83 bits per heavy atom. The van der Waals surface area contributed by atoms with E-state index in [0.717, 1.165) is 37.2 Å². The molecule has 0 atom stereocenters. The molecule has 0 radical (unpaired) electrons. The number of hydrogen-bond acceptors (Lipinski definition) is 6. The lowest BCUT2D eigenvalue weighted by molar-refractivity contribution is 0.0930. The quantitative estimate of drug-likeness (QED) is 0.398. The highest BCUT2D eigenvalue weighted by Gasteiger charge is 2.22. The van der Waals surface area contributed by atoms with Crippen molar-refractivity contribution in [2.45, 2.75) is 25.3 Å². The monoisotopic (exact) mass is 529 g/mol. The molecule has 1 amide bonds. The summed E-state index contributed by atoms with van der Waals surface area (Å²) in [5.74, 6) is 1.54. The third-order valence-electron chi connectivity index (χ3n) is 6.20. The van der Waals surface area contributed by atoms with Crippen LogP contribution >= 0.6 is 23.2 Å². The number of ether oxygens (including phenoxy) is 3. The van der Waals surface area contributed by atoms with E-state index in [-0.39, 0.29) is 11.9 Å². The third kappa shape index (κ3) is 6.53. The van der Waals surface area contributed by atoms with Crippen molar-refractivity contribution in [2.24, 2.45) is 0 Å². The minimum atomic E-state index is -0.132. The van der Waals surface area contributed by atoms with Crippen molar-refractivity contribution in [3.8, 4) is 17.4 Å². The minimum absolute atomic E-state index is 0.0958. The SMILES string of the molecule is COc1ccc(N2CCC(NC(=O)c3ccc(OC)c(OCCc4ccc(Cl)cc4Cl)c3)CC2)cn1. The maximum atomic E-state index is 13.0. The molecule has 3 aromatic rings. The number of amides is 1. The number of piperidine rings is 1. The highest BCUT2D eigenvalue weighted by molar-refractivity contribution is 6.35. The van der Waals surface area contributed by atoms with Crippen LogP contribution in [-0.2, 0) is 6.42 Å². The van der Waals surface area contributed by atoms with Crippen molar-refractivity contribution >= 4 is 34.8 Å². The van der Waals surface area contributed by atoms with Crippen molar-refractivity contribution in [1.82, 2.24) is 10.3 Å². The molecule has 1 aliphatic rings. The fourth-order valence-electron chi connectivity index (χ4n) is 4.16. The molecule has 1 aliphatic heterocycles. The van der Waals surface area contributed by atoms with Crippen molar-refractivity contribution in [2.75, 3.05) is 38.8 Å². The van der Waals surface area contributed by atoms with Crippen LogP contribution in [0.1, 0.15) is 28.8 Å². The Labute approximate surface area is 221 Å². The topological polar surface area (TPSA) is 72.9 Å². The highest BCUT2D eigenvalue weighted by atomic mass is 35.5. The second-order valence-corrected chi connectivity index (χ2v) is 9.34. The Kier molecular flexibility index (Phi) is 8.78. The zero-order valence-electron chi connectivity index (χ0n) is 20.3. The van der Waals surface area contributed by atoms with Crippen LogP contribution in [0.15, 0.2) is 54.7 Å². The molecule has 4 rings (SSSR count). The molecule has 0 unspecified atom stereocenters. The Morgan fingerprint density at radius 1 is 1.03 bits per heavy atom. The average molecular weight is 530 g/mol. The van der Waals surface area contributed by atoms with E-state index in [1.54, 1.807) is 44.6 Å². The summed E-state index contributed by atoms with van der Waals surface area (Å²) in [6.07, 6.45) is 4.10. The van der Waals surface area contributed by atoms with Gasteiger partial charge in [-0.2, -0.15) is 0 Å². The first kappa shape index (κ1) is 25.9. The number of anilines is 1. The molecule has 0 spiro atoms. The molecular weight excluding hydrogens is 501 g/mol. The van der Waals surface area contributed by atoms with Gasteiger partial charge in [0.15, 0.2) is 11.5 Å². The molecule has 2 aromatic carbocycles. The smallest absolute Gasteiger partial charge is 0.251 e. The van der Waals surface area contributed by atoms with E-state index >= 15 is 0 Å². The molecule has 9 heteroatoms. The van der Waals surface area contributed by atoms with E-state index in [4.69, 9.17) is 37.4 Å². The second kappa shape index (κ2) is 12.2. The van der Waals surface area contributed by atoms with Crippen LogP contribution in [-0.4, -0.2) is 50.8 Å². The maximum Gasteiger partial charge on any atom is 0.251 e. The van der Waals surface area contributed by atoms with Gasteiger partial charge in [-0.05, 0) is 54.8 Å². The predicted octanol–water partition coefficient (Wildman–Crippen LogP) is 5.43. The number of carbonyl (C=O) groups is 1. The normalized spacial score (nSPS) is 13.8. The molecule has 1 saturated heterocycles. The van der Waals surface area contributed by atoms with E-state index in [0.29, 0.717) is 46.0 Å². The number of nitrogens with zero attached hydrogens (tertiary/aromatic N) is 2. The molecule has 36 heavy (non-hydrogen) atoms. The number of benzene rings is 2. The summed E-state index contributed by atoms with van der Waals surface area (Å²) in [4.78, 5) is 19.5. The van der Waals surface area contributed by atoms with Gasteiger partial charge < -0.3 is 24.4 Å². The van der Waals surface area contributed by atoms with Gasteiger partial charge in [0.05, 0.1) is 32.7 Å². The zero-order valence-corrected chi connectivity index (χ0v) is 21.8. The summed E-state index contributed by atoms with van der Waals surface area (Å²) in [6.45, 7) is 2.05. The van der Waals surface area contributed by atoms with Crippen LogP contribution in [0, 0.1) is 0 Å². The van der Waals surface area contributed by atoms with Crippen molar-refractivity contribution in [3.05, 3.63) is 75.9 Å². The number of methoxy groups -OCH3 is 2. The zero-order chi connectivity index (χ0) is 25.5. The Morgan fingerprint density at radius 3 is 2.50 bits per heavy atom. The van der Waals surface area contributed by atoms with Gasteiger partial charge in [-0.1, -0.05) is 29.3 Å². The number of halogens is 2. The summed E-state index contributed by atoms with van der Waals surface area (Å²) in [5.41, 5.74) is 2.51. The van der Waals surface area contributed by atoms with E-state index < -0.39 is 0 Å². The van der Waals surface area contributed by atoms with Crippen molar-refractivity contribution < 1.29 is 19.0 Å². The Bertz CT molecular complexity index is 1180. The lowest BCUT2D eigenvalue weighted by atomic mass is 10.0. The number of pyridine rings is 1. The molecule has 1 fully saturated rings. The molecule has 1 aromatic heterocycles. The van der Waals surface area contributed by atoms with Gasteiger partial charge in [0.25, 0.3) is 5.91 Å². The van der Waals surface area contributed by atoms with Gasteiger partial charge >= 0.3 is 0 Å². The number of hydrogen-bond donors (Lipinski definition) is 1. The van der Waals surface area contributed by atoms with Gasteiger partial charge in [0, 0.05) is 47.2 Å². The first-order valence-electron chi connectivity index (χ1n) is 11.8. The number of aromatic nitrogens is 1. The van der Waals surface area contributed by atoms with Gasteiger partial charge in [0.1, 0.15) is 0 Å². The largest absolute Gasteiger partial charge is 0.493 e. The standard InChI is InChI=1S/C27H29Cl2N3O4/c1-34-24-7-4-19(15-25(24)36-14-11-18-3-5-20(28)16-23(18)29)27(33)31-21-9-12-32(13-10-21)22-6-8-26(35-2)30-17-22/h3-8,15-17,21H,9-14H2,1-2H3,(H,31,33). The summed E-state index contributed by atoms with van der Waals surface area (Å²) in [6, 6.07) is 14.6. The summed E-state index contributed by atoms with van der Waals surface area (Å²) >= 11 is 12.2. The Hall–Kier alpha value is -3.16. The van der Waals surface area contributed by atoms with Crippen LogP contribution in [0.3, 0.4) is 0 Å². The number of rotatable bonds is 9. The van der Waals surface area contributed by atoms with Crippen molar-refractivity contribution in [3.63, 3.8) is 0 Å². The van der Waals surface area contributed by atoms with Gasteiger partial charge in [-0.25, -0.2) is 4.98 Å². The average Bonchev–Trinajstić information content (AvgIpc) is 2.90. The predicted molar refractivity (Wildman–Crippen MR) is 142 cm³/mol. The second-order valence-electron chi connectivity index (χ2n) is 8.49. The highest BCUT2D eigenvalue weighted by Crippen LogP contribution is 2.29. The van der Waals surface area contributed by atoms with Gasteiger partial charge in [0.2, 0.25) is 5.88 Å². The van der Waals surface area contributed by atoms with Gasteiger partial charge in [-0.15, -0.1) is 0 Å². The van der Waals surface area contributed by atoms with E-state index in [1.807, 2.05) is 24.4 Å². The molecule has 190 valence electrons. The maximum absolute atomic E-state index is 13.0. The van der Waals surface area contributed by atoms with E-state index in [1.165, 1.54) is 0 Å². The number of carbonyl (C=O) groups excluding carboxylic acids is 1. The molecular formula is C27H29Cl2N3O4. The molecule has 1 N–H and O–H groups in total. The molecule has 0 saturated carbocycles. The molecule has 7 nitrogen and oxygen atoms in total. The van der Waals surface area contributed by atoms with Crippen LogP contribution in [0.2, 0.25) is 10.0 Å². The first-order valence-corrected chi connectivity index (χ1v) is 12.5. The fourth-order valence-corrected chi connectivity index (χ4v) is 4.66. The van der Waals surface area contributed by atoms with E-state index in [9.17, 15) is 4.79 Å². The number of nitrogens with one attached hydrogen (secondary N) is 1. The fraction of sp³-hybridized carbons (Fsp3) is 0.333. The Balaban J connectivity index is 1.32. The van der Waals surface area contributed by atoms with Crippen molar-refractivity contribution in [1.29, 1.82) is 0 Å². The first-order chi connectivity index (χ1) is 17.5. The van der Waals surface area contributed by atoms with E-state index in [2.05, 4.69) is 15.2 Å². The van der Waals surface area contributed by atoms with Crippen LogP contribution in [0.4, 0.5) is 5.69 Å².